The van der Waals surface area contributed by atoms with Gasteiger partial charge in [-0.3, -0.25) is 0 Å². The molecule has 0 aromatic heterocycles. The molecule has 5 heteroatoms. The summed E-state index contributed by atoms with van der Waals surface area (Å²) in [6.07, 6.45) is -1.46. The zero-order valence-corrected chi connectivity index (χ0v) is 18.2. The van der Waals surface area contributed by atoms with Gasteiger partial charge in [-0.15, -0.1) is 0 Å². The topological polar surface area (TPSA) is 60.0 Å². The summed E-state index contributed by atoms with van der Waals surface area (Å²) in [6.45, 7) is 2.30. The second-order valence-corrected chi connectivity index (χ2v) is 8.11. The first kappa shape index (κ1) is 22.6. The quantitative estimate of drug-likeness (QED) is 0.511. The van der Waals surface area contributed by atoms with Crippen LogP contribution in [0, 0.1) is 0 Å². The third-order valence-corrected chi connectivity index (χ3v) is 5.67. The minimum Gasteiger partial charge on any atom is -0.389 e. The molecule has 32 heavy (non-hydrogen) atoms. The molecular weight excluding hydrogens is 402 g/mol. The van der Waals surface area contributed by atoms with E-state index < -0.39 is 12.2 Å². The molecule has 0 aliphatic carbocycles. The van der Waals surface area contributed by atoms with Crippen molar-refractivity contribution >= 4 is 0 Å². The average Bonchev–Trinajstić information content (AvgIpc) is 2.85. The lowest BCUT2D eigenvalue weighted by atomic mass is 9.95. The highest BCUT2D eigenvalue weighted by Crippen LogP contribution is 2.22. The van der Waals surface area contributed by atoms with Crippen molar-refractivity contribution in [2.45, 2.75) is 44.2 Å². The summed E-state index contributed by atoms with van der Waals surface area (Å²) in [5.41, 5.74) is 3.28. The zero-order valence-electron chi connectivity index (χ0n) is 18.2. The van der Waals surface area contributed by atoms with Gasteiger partial charge < -0.3 is 24.6 Å². The molecule has 1 aliphatic rings. The fourth-order valence-electron chi connectivity index (χ4n) is 3.93. The lowest BCUT2D eigenvalue weighted by Gasteiger charge is -2.41. The maximum atomic E-state index is 10.7. The smallest absolute Gasteiger partial charge is 0.113 e. The molecule has 5 nitrogen and oxygen atoms in total. The van der Waals surface area contributed by atoms with Gasteiger partial charge in [0.25, 0.3) is 0 Å². The second kappa shape index (κ2) is 11.9. The molecule has 3 aromatic carbocycles. The highest BCUT2D eigenvalue weighted by atomic mass is 16.6. The standard InChI is InChI=1S/C27H31NO4/c29-25-16-28-24(20-30-17-21-10-4-1-5-11-21)26(31-18-22-12-6-2-7-13-22)27(25)32-19-23-14-8-3-9-15-23/h1-15,24-29H,16-20H2/t24-,25+,26-,27-/m1/s1. The second-order valence-electron chi connectivity index (χ2n) is 8.11. The van der Waals surface area contributed by atoms with Crippen molar-refractivity contribution in [3.8, 4) is 0 Å². The first-order valence-corrected chi connectivity index (χ1v) is 11.1. The molecule has 1 heterocycles. The van der Waals surface area contributed by atoms with Gasteiger partial charge in [0.05, 0.1) is 38.6 Å². The Balaban J connectivity index is 1.42. The van der Waals surface area contributed by atoms with Crippen LogP contribution in [0.4, 0.5) is 0 Å². The number of β-amino-alcohol motifs (C(OH)–C–C–N with tert-alkyl or cyclic N) is 1. The van der Waals surface area contributed by atoms with Crippen LogP contribution in [-0.2, 0) is 34.0 Å². The van der Waals surface area contributed by atoms with E-state index in [0.29, 0.717) is 33.0 Å². The molecule has 1 aliphatic heterocycles. The lowest BCUT2D eigenvalue weighted by molar-refractivity contribution is -0.165. The van der Waals surface area contributed by atoms with Gasteiger partial charge in [0.15, 0.2) is 0 Å². The Morgan fingerprint density at radius 2 is 1.12 bits per heavy atom. The molecule has 2 N–H and O–H groups in total. The first-order chi connectivity index (χ1) is 15.8. The van der Waals surface area contributed by atoms with Gasteiger partial charge in [-0.2, -0.15) is 0 Å². The number of benzene rings is 3. The Hall–Kier alpha value is -2.54. The number of aliphatic hydroxyl groups is 1. The molecule has 168 valence electrons. The molecule has 0 unspecified atom stereocenters. The van der Waals surface area contributed by atoms with Crippen LogP contribution in [0.3, 0.4) is 0 Å². The Morgan fingerprint density at radius 3 is 1.66 bits per heavy atom. The highest BCUT2D eigenvalue weighted by Gasteiger charge is 2.40. The van der Waals surface area contributed by atoms with Crippen LogP contribution < -0.4 is 5.32 Å². The molecule has 1 saturated heterocycles. The van der Waals surface area contributed by atoms with Gasteiger partial charge in [-0.05, 0) is 16.7 Å². The van der Waals surface area contributed by atoms with Crippen molar-refractivity contribution in [3.63, 3.8) is 0 Å². The molecule has 0 saturated carbocycles. The fourth-order valence-corrected chi connectivity index (χ4v) is 3.93. The molecule has 4 atom stereocenters. The SMILES string of the molecule is O[C@H]1CN[C@H](COCc2ccccc2)[C@@H](OCc2ccccc2)[C@@H]1OCc1ccccc1. The van der Waals surface area contributed by atoms with Gasteiger partial charge in [0.1, 0.15) is 12.2 Å². The van der Waals surface area contributed by atoms with Crippen LogP contribution in [0.1, 0.15) is 16.7 Å². The van der Waals surface area contributed by atoms with E-state index in [1.165, 1.54) is 0 Å². The Kier molecular flexibility index (Phi) is 8.42. The number of rotatable bonds is 10. The van der Waals surface area contributed by atoms with Crippen molar-refractivity contribution < 1.29 is 19.3 Å². The molecule has 3 aromatic rings. The average molecular weight is 434 g/mol. The fraction of sp³-hybridized carbons (Fsp3) is 0.333. The summed E-state index contributed by atoms with van der Waals surface area (Å²) in [4.78, 5) is 0. The van der Waals surface area contributed by atoms with E-state index >= 15 is 0 Å². The molecule has 0 radical (unpaired) electrons. The van der Waals surface area contributed by atoms with Crippen molar-refractivity contribution in [2.24, 2.45) is 0 Å². The van der Waals surface area contributed by atoms with Crippen LogP contribution >= 0.6 is 0 Å². The summed E-state index contributed by atoms with van der Waals surface area (Å²) in [5.74, 6) is 0. The molecule has 0 amide bonds. The third kappa shape index (κ3) is 6.48. The molecule has 4 rings (SSSR count). The molecule has 0 bridgehead atoms. The van der Waals surface area contributed by atoms with Crippen molar-refractivity contribution in [1.29, 1.82) is 0 Å². The maximum Gasteiger partial charge on any atom is 0.113 e. The van der Waals surface area contributed by atoms with E-state index in [0.717, 1.165) is 16.7 Å². The van der Waals surface area contributed by atoms with E-state index in [-0.39, 0.29) is 12.1 Å². The van der Waals surface area contributed by atoms with E-state index in [1.807, 2.05) is 91.0 Å². The van der Waals surface area contributed by atoms with E-state index in [2.05, 4.69) is 5.32 Å². The Bertz CT molecular complexity index is 907. The van der Waals surface area contributed by atoms with Gasteiger partial charge in [-0.1, -0.05) is 91.0 Å². The normalized spacial score (nSPS) is 23.2. The minimum atomic E-state index is -0.662. The molecule has 0 spiro atoms. The van der Waals surface area contributed by atoms with Gasteiger partial charge in [0, 0.05) is 6.54 Å². The largest absolute Gasteiger partial charge is 0.389 e. The van der Waals surface area contributed by atoms with Crippen LogP contribution in [0.15, 0.2) is 91.0 Å². The number of hydrogen-bond acceptors (Lipinski definition) is 5. The van der Waals surface area contributed by atoms with Crippen LogP contribution in [-0.4, -0.2) is 42.6 Å². The summed E-state index contributed by atoms with van der Waals surface area (Å²) >= 11 is 0. The van der Waals surface area contributed by atoms with E-state index in [4.69, 9.17) is 14.2 Å². The molecular formula is C27H31NO4. The minimum absolute atomic E-state index is 0.0911. The number of hydrogen-bond donors (Lipinski definition) is 2. The summed E-state index contributed by atoms with van der Waals surface area (Å²) < 4.78 is 18.5. The van der Waals surface area contributed by atoms with Crippen LogP contribution in [0.2, 0.25) is 0 Å². The van der Waals surface area contributed by atoms with E-state index in [1.54, 1.807) is 0 Å². The molecule has 1 fully saturated rings. The summed E-state index contributed by atoms with van der Waals surface area (Å²) in [6, 6.07) is 30.1. The van der Waals surface area contributed by atoms with Gasteiger partial charge in [0.2, 0.25) is 0 Å². The van der Waals surface area contributed by atoms with Crippen molar-refractivity contribution in [3.05, 3.63) is 108 Å². The van der Waals surface area contributed by atoms with Crippen LogP contribution in [0.5, 0.6) is 0 Å². The van der Waals surface area contributed by atoms with Gasteiger partial charge in [-0.25, -0.2) is 0 Å². The third-order valence-electron chi connectivity index (χ3n) is 5.67. The Labute approximate surface area is 190 Å². The predicted molar refractivity (Wildman–Crippen MR) is 124 cm³/mol. The number of aliphatic hydroxyl groups excluding tert-OH is 1. The van der Waals surface area contributed by atoms with Crippen molar-refractivity contribution in [2.75, 3.05) is 13.2 Å². The maximum absolute atomic E-state index is 10.7. The monoisotopic (exact) mass is 433 g/mol. The first-order valence-electron chi connectivity index (χ1n) is 11.1. The Morgan fingerprint density at radius 1 is 0.656 bits per heavy atom. The highest BCUT2D eigenvalue weighted by molar-refractivity contribution is 5.15. The van der Waals surface area contributed by atoms with Crippen molar-refractivity contribution in [1.82, 2.24) is 5.32 Å². The predicted octanol–water partition coefficient (Wildman–Crippen LogP) is 3.71. The van der Waals surface area contributed by atoms with E-state index in [9.17, 15) is 5.11 Å². The van der Waals surface area contributed by atoms with Crippen LogP contribution in [0.25, 0.3) is 0 Å². The lowest BCUT2D eigenvalue weighted by Crippen LogP contribution is -2.62. The number of piperidine rings is 1. The zero-order chi connectivity index (χ0) is 22.0. The number of nitrogens with one attached hydrogen (secondary N) is 1. The van der Waals surface area contributed by atoms with Gasteiger partial charge >= 0.3 is 0 Å². The summed E-state index contributed by atoms with van der Waals surface area (Å²) in [7, 11) is 0. The summed E-state index contributed by atoms with van der Waals surface area (Å²) in [5, 5.41) is 14.1. The number of ether oxygens (including phenoxy) is 3.